The van der Waals surface area contributed by atoms with E-state index < -0.39 is 5.97 Å². The van der Waals surface area contributed by atoms with Gasteiger partial charge in [0.1, 0.15) is 10.8 Å². The molecule has 1 amide bonds. The topological polar surface area (TPSA) is 64.6 Å². The number of methoxy groups -OCH3 is 1. The molecule has 0 fully saturated rings. The molecule has 0 spiro atoms. The molecule has 2 aromatic carbocycles. The second kappa shape index (κ2) is 8.94. The molecule has 1 N–H and O–H groups in total. The Bertz CT molecular complexity index is 1160. The van der Waals surface area contributed by atoms with Crippen LogP contribution in [0.5, 0.6) is 5.75 Å². The third-order valence-electron chi connectivity index (χ3n) is 6.22. The number of hydrogen-bond donors (Lipinski definition) is 1. The van der Waals surface area contributed by atoms with Crippen molar-refractivity contribution in [1.82, 2.24) is 0 Å². The maximum atomic E-state index is 12.7. The van der Waals surface area contributed by atoms with Crippen molar-refractivity contribution in [3.63, 3.8) is 0 Å². The van der Waals surface area contributed by atoms with E-state index in [1.54, 1.807) is 0 Å². The first-order chi connectivity index (χ1) is 15.3. The van der Waals surface area contributed by atoms with Crippen molar-refractivity contribution in [3.05, 3.63) is 58.5 Å². The van der Waals surface area contributed by atoms with E-state index >= 15 is 0 Å². The summed E-state index contributed by atoms with van der Waals surface area (Å²) in [4.78, 5) is 26.4. The molecule has 5 nitrogen and oxygen atoms in total. The standard InChI is InChI=1S/C26H29NO4S/c1-26(2,3)18-10-12-20-21(14-18)32-24(23(20)25(29)30-4)27-22(28)15-31-19-11-9-16-7-5-6-8-17(16)13-19/h5-9,11,13,18H,10,12,14-15H2,1-4H3,(H,27,28). The average molecular weight is 452 g/mol. The maximum Gasteiger partial charge on any atom is 0.341 e. The quantitative estimate of drug-likeness (QED) is 0.494. The Morgan fingerprint density at radius 3 is 2.59 bits per heavy atom. The molecule has 4 rings (SSSR count). The summed E-state index contributed by atoms with van der Waals surface area (Å²) in [5, 5.41) is 5.63. The summed E-state index contributed by atoms with van der Waals surface area (Å²) in [5.74, 6) is 0.473. The number of hydrogen-bond acceptors (Lipinski definition) is 5. The second-order valence-corrected chi connectivity index (χ2v) is 10.5. The van der Waals surface area contributed by atoms with Gasteiger partial charge >= 0.3 is 5.97 Å². The van der Waals surface area contributed by atoms with Gasteiger partial charge in [-0.3, -0.25) is 4.79 Å². The molecule has 168 valence electrons. The number of carbonyl (C=O) groups is 2. The van der Waals surface area contributed by atoms with E-state index in [-0.39, 0.29) is 17.9 Å². The van der Waals surface area contributed by atoms with Gasteiger partial charge in [-0.15, -0.1) is 11.3 Å². The molecule has 1 atom stereocenters. The summed E-state index contributed by atoms with van der Waals surface area (Å²) in [6, 6.07) is 13.7. The van der Waals surface area contributed by atoms with Gasteiger partial charge in [0.25, 0.3) is 5.91 Å². The monoisotopic (exact) mass is 451 g/mol. The van der Waals surface area contributed by atoms with Crippen LogP contribution >= 0.6 is 11.3 Å². The molecule has 1 heterocycles. The van der Waals surface area contributed by atoms with Crippen LogP contribution in [-0.2, 0) is 22.4 Å². The molecule has 1 aromatic heterocycles. The smallest absolute Gasteiger partial charge is 0.341 e. The van der Waals surface area contributed by atoms with Crippen molar-refractivity contribution in [2.24, 2.45) is 11.3 Å². The van der Waals surface area contributed by atoms with Crippen LogP contribution < -0.4 is 10.1 Å². The first-order valence-electron chi connectivity index (χ1n) is 10.9. The summed E-state index contributed by atoms with van der Waals surface area (Å²) < 4.78 is 10.7. The molecule has 0 aliphatic heterocycles. The molecule has 1 aliphatic rings. The Labute approximate surface area is 192 Å². The number of ether oxygens (including phenoxy) is 2. The third-order valence-corrected chi connectivity index (χ3v) is 7.39. The van der Waals surface area contributed by atoms with Crippen LogP contribution in [0.3, 0.4) is 0 Å². The van der Waals surface area contributed by atoms with E-state index in [0.29, 0.717) is 22.2 Å². The van der Waals surface area contributed by atoms with Crippen LogP contribution in [0.4, 0.5) is 5.00 Å². The van der Waals surface area contributed by atoms with E-state index in [1.807, 2.05) is 42.5 Å². The second-order valence-electron chi connectivity index (χ2n) is 9.35. The third kappa shape index (κ3) is 4.65. The first-order valence-corrected chi connectivity index (χ1v) is 11.7. The summed E-state index contributed by atoms with van der Waals surface area (Å²) in [5.41, 5.74) is 1.72. The summed E-state index contributed by atoms with van der Waals surface area (Å²) in [7, 11) is 1.38. The van der Waals surface area contributed by atoms with Crippen molar-refractivity contribution >= 4 is 39.0 Å². The number of carbonyl (C=O) groups excluding carboxylic acids is 2. The van der Waals surface area contributed by atoms with Crippen molar-refractivity contribution in [3.8, 4) is 5.75 Å². The number of fused-ring (bicyclic) bond motifs is 2. The first kappa shape index (κ1) is 22.3. The molecule has 0 radical (unpaired) electrons. The van der Waals surface area contributed by atoms with Gasteiger partial charge in [-0.1, -0.05) is 51.1 Å². The summed E-state index contributed by atoms with van der Waals surface area (Å²) in [6.45, 7) is 6.63. The highest BCUT2D eigenvalue weighted by molar-refractivity contribution is 7.17. The van der Waals surface area contributed by atoms with E-state index in [2.05, 4.69) is 26.1 Å². The number of rotatable bonds is 5. The molecule has 32 heavy (non-hydrogen) atoms. The maximum absolute atomic E-state index is 12.7. The SMILES string of the molecule is COC(=O)c1c(NC(=O)COc2ccc3ccccc3c2)sc2c1CCC(C(C)(C)C)C2. The number of nitrogens with one attached hydrogen (secondary N) is 1. The number of anilines is 1. The van der Waals surface area contributed by atoms with Gasteiger partial charge in [0.2, 0.25) is 0 Å². The predicted molar refractivity (Wildman–Crippen MR) is 129 cm³/mol. The van der Waals surface area contributed by atoms with E-state index in [4.69, 9.17) is 9.47 Å². The van der Waals surface area contributed by atoms with Crippen LogP contribution in [0.15, 0.2) is 42.5 Å². The summed E-state index contributed by atoms with van der Waals surface area (Å²) >= 11 is 1.49. The van der Waals surface area contributed by atoms with E-state index in [9.17, 15) is 9.59 Å². The van der Waals surface area contributed by atoms with Crippen LogP contribution in [-0.4, -0.2) is 25.6 Å². The zero-order chi connectivity index (χ0) is 22.9. The zero-order valence-electron chi connectivity index (χ0n) is 19.0. The lowest BCUT2D eigenvalue weighted by Gasteiger charge is -2.33. The highest BCUT2D eigenvalue weighted by Crippen LogP contribution is 2.44. The van der Waals surface area contributed by atoms with Crippen molar-refractivity contribution in [2.45, 2.75) is 40.0 Å². The number of esters is 1. The molecule has 1 unspecified atom stereocenters. The fraction of sp³-hybridized carbons (Fsp3) is 0.385. The molecule has 0 saturated carbocycles. The molecule has 0 saturated heterocycles. The van der Waals surface area contributed by atoms with Gasteiger partial charge in [0.05, 0.1) is 12.7 Å². The Kier molecular flexibility index (Phi) is 6.24. The zero-order valence-corrected chi connectivity index (χ0v) is 19.8. The highest BCUT2D eigenvalue weighted by Gasteiger charge is 2.34. The number of thiophene rings is 1. The largest absolute Gasteiger partial charge is 0.484 e. The average Bonchev–Trinajstić information content (AvgIpc) is 3.13. The Hall–Kier alpha value is -2.86. The molecule has 6 heteroatoms. The van der Waals surface area contributed by atoms with Crippen molar-refractivity contribution < 1.29 is 19.1 Å². The molecule has 0 bridgehead atoms. The fourth-order valence-electron chi connectivity index (χ4n) is 4.30. The van der Waals surface area contributed by atoms with E-state index in [0.717, 1.165) is 35.6 Å². The lowest BCUT2D eigenvalue weighted by molar-refractivity contribution is -0.118. The molecular formula is C26H29NO4S. The Morgan fingerprint density at radius 2 is 1.88 bits per heavy atom. The normalized spacial score (nSPS) is 15.8. The van der Waals surface area contributed by atoms with Crippen molar-refractivity contribution in [1.29, 1.82) is 0 Å². The van der Waals surface area contributed by atoms with Gasteiger partial charge in [-0.05, 0) is 59.1 Å². The van der Waals surface area contributed by atoms with Gasteiger partial charge in [-0.2, -0.15) is 0 Å². The van der Waals surface area contributed by atoms with Crippen LogP contribution in [0, 0.1) is 11.3 Å². The van der Waals surface area contributed by atoms with Crippen molar-refractivity contribution in [2.75, 3.05) is 19.0 Å². The number of amides is 1. The Morgan fingerprint density at radius 1 is 1.12 bits per heavy atom. The van der Waals surface area contributed by atoms with Crippen LogP contribution in [0.25, 0.3) is 10.8 Å². The van der Waals surface area contributed by atoms with Crippen LogP contribution in [0.1, 0.15) is 48.0 Å². The number of benzene rings is 2. The van der Waals surface area contributed by atoms with Gasteiger partial charge in [-0.25, -0.2) is 4.79 Å². The molecule has 1 aliphatic carbocycles. The highest BCUT2D eigenvalue weighted by atomic mass is 32.1. The van der Waals surface area contributed by atoms with Gasteiger partial charge in [0.15, 0.2) is 6.61 Å². The lowest BCUT2D eigenvalue weighted by Crippen LogP contribution is -2.26. The Balaban J connectivity index is 1.49. The minimum absolute atomic E-state index is 0.133. The fourth-order valence-corrected chi connectivity index (χ4v) is 5.63. The van der Waals surface area contributed by atoms with E-state index in [1.165, 1.54) is 23.3 Å². The van der Waals surface area contributed by atoms with Gasteiger partial charge < -0.3 is 14.8 Å². The van der Waals surface area contributed by atoms with Gasteiger partial charge in [0, 0.05) is 4.88 Å². The minimum Gasteiger partial charge on any atom is -0.484 e. The molecule has 3 aromatic rings. The predicted octanol–water partition coefficient (Wildman–Crippen LogP) is 5.86. The lowest BCUT2D eigenvalue weighted by atomic mass is 9.72. The summed E-state index contributed by atoms with van der Waals surface area (Å²) in [6.07, 6.45) is 2.76. The van der Waals surface area contributed by atoms with Crippen LogP contribution in [0.2, 0.25) is 0 Å². The molecular weight excluding hydrogens is 422 g/mol. The minimum atomic E-state index is -0.401.